The number of hydrogen-bond acceptors (Lipinski definition) is 3. The fraction of sp³-hybridized carbons (Fsp3) is 0. The fourth-order valence-corrected chi connectivity index (χ4v) is 1.10. The molecule has 4 nitrogen and oxygen atoms in total. The number of aromatic nitrogens is 3. The number of H-pyrrole nitrogens is 1. The molecule has 0 unspecified atom stereocenters. The van der Waals surface area contributed by atoms with E-state index >= 15 is 0 Å². The summed E-state index contributed by atoms with van der Waals surface area (Å²) in [5, 5.41) is 7.46. The Labute approximate surface area is 81.5 Å². The first-order valence-electron chi connectivity index (χ1n) is 4.26. The number of benzene rings is 1. The van der Waals surface area contributed by atoms with Crippen LogP contribution in [0, 0.1) is 0 Å². The molecule has 2 aromatic rings. The van der Waals surface area contributed by atoms with Crippen molar-refractivity contribution in [3.05, 3.63) is 41.7 Å². The maximum atomic E-state index is 5.38. The van der Waals surface area contributed by atoms with Crippen molar-refractivity contribution in [1.29, 1.82) is 0 Å². The monoisotopic (exact) mass is 186 g/mol. The highest BCUT2D eigenvalue weighted by atomic mass is 15.3. The number of nitrogens with one attached hydrogen (secondary N) is 1. The van der Waals surface area contributed by atoms with Crippen molar-refractivity contribution in [3.63, 3.8) is 0 Å². The Morgan fingerprint density at radius 3 is 2.50 bits per heavy atom. The standard InChI is InChI=1S/C10H10N4/c11-10-12-9(13-14-10)7-6-8-4-2-1-3-5-8/h1-7H,(H3,11,12,13,14)/b7-6+. The molecule has 0 saturated heterocycles. The van der Waals surface area contributed by atoms with Gasteiger partial charge in [-0.15, -0.1) is 10.2 Å². The molecule has 0 amide bonds. The highest BCUT2D eigenvalue weighted by Gasteiger charge is 1.92. The lowest BCUT2D eigenvalue weighted by Crippen LogP contribution is -1.85. The molecule has 0 spiro atoms. The third kappa shape index (κ3) is 1.98. The zero-order valence-electron chi connectivity index (χ0n) is 7.51. The lowest BCUT2D eigenvalue weighted by molar-refractivity contribution is 1.09. The number of nitrogens with two attached hydrogens (primary N) is 1. The first-order valence-corrected chi connectivity index (χ1v) is 4.26. The first kappa shape index (κ1) is 8.50. The number of rotatable bonds is 2. The Morgan fingerprint density at radius 1 is 1.07 bits per heavy atom. The zero-order valence-corrected chi connectivity index (χ0v) is 7.51. The van der Waals surface area contributed by atoms with Crippen LogP contribution < -0.4 is 5.73 Å². The van der Waals surface area contributed by atoms with Crippen LogP contribution in [0.1, 0.15) is 11.4 Å². The minimum absolute atomic E-state index is 0.331. The molecule has 70 valence electrons. The van der Waals surface area contributed by atoms with Crippen molar-refractivity contribution < 1.29 is 0 Å². The maximum absolute atomic E-state index is 5.38. The van der Waals surface area contributed by atoms with Gasteiger partial charge in [-0.1, -0.05) is 36.4 Å². The third-order valence-electron chi connectivity index (χ3n) is 1.75. The van der Waals surface area contributed by atoms with Crippen LogP contribution in [-0.2, 0) is 0 Å². The van der Waals surface area contributed by atoms with Gasteiger partial charge in [-0.2, -0.15) is 0 Å². The normalized spacial score (nSPS) is 10.9. The number of nitrogens with zero attached hydrogens (tertiary/aromatic N) is 2. The van der Waals surface area contributed by atoms with E-state index in [0.29, 0.717) is 11.8 Å². The van der Waals surface area contributed by atoms with Crippen LogP contribution in [0.5, 0.6) is 0 Å². The molecule has 2 rings (SSSR count). The van der Waals surface area contributed by atoms with Gasteiger partial charge in [0, 0.05) is 0 Å². The van der Waals surface area contributed by atoms with Crippen molar-refractivity contribution in [2.75, 3.05) is 5.73 Å². The van der Waals surface area contributed by atoms with E-state index in [1.54, 1.807) is 0 Å². The van der Waals surface area contributed by atoms with Crippen molar-refractivity contribution in [2.45, 2.75) is 0 Å². The Hall–Kier alpha value is -2.10. The average molecular weight is 186 g/mol. The van der Waals surface area contributed by atoms with Crippen LogP contribution in [0.3, 0.4) is 0 Å². The molecule has 0 atom stereocenters. The summed E-state index contributed by atoms with van der Waals surface area (Å²) in [7, 11) is 0. The highest BCUT2D eigenvalue weighted by Crippen LogP contribution is 2.04. The largest absolute Gasteiger partial charge is 0.368 e. The van der Waals surface area contributed by atoms with E-state index < -0.39 is 0 Å². The lowest BCUT2D eigenvalue weighted by atomic mass is 10.2. The summed E-state index contributed by atoms with van der Waals surface area (Å²) in [6.07, 6.45) is 3.78. The minimum atomic E-state index is 0.331. The van der Waals surface area contributed by atoms with Gasteiger partial charge in [-0.25, -0.2) is 0 Å². The van der Waals surface area contributed by atoms with Crippen molar-refractivity contribution in [2.24, 2.45) is 0 Å². The average Bonchev–Trinajstić information content (AvgIpc) is 2.63. The van der Waals surface area contributed by atoms with E-state index in [4.69, 9.17) is 5.73 Å². The van der Waals surface area contributed by atoms with Gasteiger partial charge in [0.15, 0.2) is 5.82 Å². The Balaban J connectivity index is 2.15. The molecule has 1 heterocycles. The molecule has 0 aliphatic rings. The second-order valence-electron chi connectivity index (χ2n) is 2.84. The predicted molar refractivity (Wildman–Crippen MR) is 56.2 cm³/mol. The molecule has 0 aliphatic carbocycles. The number of hydrogen-bond donors (Lipinski definition) is 2. The maximum Gasteiger partial charge on any atom is 0.219 e. The summed E-state index contributed by atoms with van der Waals surface area (Å²) in [5.74, 6) is 0.990. The Bertz CT molecular complexity index is 430. The summed E-state index contributed by atoms with van der Waals surface area (Å²) in [6.45, 7) is 0. The summed E-state index contributed by atoms with van der Waals surface area (Å²) >= 11 is 0. The van der Waals surface area contributed by atoms with Gasteiger partial charge in [0.25, 0.3) is 0 Å². The fourth-order valence-electron chi connectivity index (χ4n) is 1.10. The molecular weight excluding hydrogens is 176 g/mol. The first-order chi connectivity index (χ1) is 6.84. The van der Waals surface area contributed by atoms with E-state index in [9.17, 15) is 0 Å². The summed E-state index contributed by atoms with van der Waals surface area (Å²) in [5.41, 5.74) is 6.50. The Morgan fingerprint density at radius 2 is 1.86 bits per heavy atom. The third-order valence-corrected chi connectivity index (χ3v) is 1.75. The van der Waals surface area contributed by atoms with Crippen LogP contribution in [-0.4, -0.2) is 15.2 Å². The van der Waals surface area contributed by atoms with E-state index in [0.717, 1.165) is 5.56 Å². The van der Waals surface area contributed by atoms with Gasteiger partial charge in [-0.3, -0.25) is 0 Å². The van der Waals surface area contributed by atoms with Crippen molar-refractivity contribution >= 4 is 18.1 Å². The minimum Gasteiger partial charge on any atom is -0.368 e. The molecule has 14 heavy (non-hydrogen) atoms. The molecule has 1 aromatic carbocycles. The van der Waals surface area contributed by atoms with Gasteiger partial charge in [0.1, 0.15) is 0 Å². The van der Waals surface area contributed by atoms with Crippen molar-refractivity contribution in [3.8, 4) is 0 Å². The van der Waals surface area contributed by atoms with Gasteiger partial charge in [0.2, 0.25) is 5.95 Å². The molecule has 0 fully saturated rings. The van der Waals surface area contributed by atoms with E-state index in [-0.39, 0.29) is 0 Å². The van der Waals surface area contributed by atoms with Crippen LogP contribution in [0.2, 0.25) is 0 Å². The zero-order chi connectivity index (χ0) is 9.80. The smallest absolute Gasteiger partial charge is 0.219 e. The van der Waals surface area contributed by atoms with Crippen LogP contribution in [0.25, 0.3) is 12.2 Å². The molecule has 0 aliphatic heterocycles. The topological polar surface area (TPSA) is 67.6 Å². The summed E-state index contributed by atoms with van der Waals surface area (Å²) in [6, 6.07) is 9.96. The van der Waals surface area contributed by atoms with Gasteiger partial charge in [-0.05, 0) is 11.6 Å². The Kier molecular flexibility index (Phi) is 2.27. The number of aromatic amines is 1. The number of nitrogen functional groups attached to an aromatic ring is 1. The molecule has 0 radical (unpaired) electrons. The molecule has 0 bridgehead atoms. The predicted octanol–water partition coefficient (Wildman–Crippen LogP) is 1.56. The lowest BCUT2D eigenvalue weighted by Gasteiger charge is -1.89. The number of anilines is 1. The molecule has 4 heteroatoms. The van der Waals surface area contributed by atoms with Crippen LogP contribution in [0.15, 0.2) is 30.3 Å². The van der Waals surface area contributed by atoms with Crippen molar-refractivity contribution in [1.82, 2.24) is 15.2 Å². The van der Waals surface area contributed by atoms with E-state index in [2.05, 4.69) is 15.2 Å². The molecular formula is C10H10N4. The van der Waals surface area contributed by atoms with E-state index in [1.807, 2.05) is 42.5 Å². The van der Waals surface area contributed by atoms with Gasteiger partial charge >= 0.3 is 0 Å². The second-order valence-corrected chi connectivity index (χ2v) is 2.84. The van der Waals surface area contributed by atoms with E-state index in [1.165, 1.54) is 0 Å². The molecule has 0 saturated carbocycles. The quantitative estimate of drug-likeness (QED) is 0.747. The SMILES string of the molecule is Nc1nnc(/C=C/c2ccccc2)[nH]1. The summed E-state index contributed by atoms with van der Waals surface area (Å²) in [4.78, 5) is 2.82. The van der Waals surface area contributed by atoms with Gasteiger partial charge < -0.3 is 10.7 Å². The van der Waals surface area contributed by atoms with Crippen LogP contribution in [0.4, 0.5) is 5.95 Å². The van der Waals surface area contributed by atoms with Gasteiger partial charge in [0.05, 0.1) is 0 Å². The second kappa shape index (κ2) is 3.74. The molecule has 1 aromatic heterocycles. The van der Waals surface area contributed by atoms with Crippen LogP contribution >= 0.6 is 0 Å². The highest BCUT2D eigenvalue weighted by molar-refractivity contribution is 5.66. The summed E-state index contributed by atoms with van der Waals surface area (Å²) < 4.78 is 0. The molecule has 3 N–H and O–H groups in total.